The molecule has 0 unspecified atom stereocenters. The van der Waals surface area contributed by atoms with Crippen LogP contribution in [-0.2, 0) is 6.42 Å². The molecule has 0 aliphatic heterocycles. The van der Waals surface area contributed by atoms with Crippen LogP contribution < -0.4 is 0 Å². The fraction of sp³-hybridized carbons (Fsp3) is 0.188. The lowest BCUT2D eigenvalue weighted by molar-refractivity contribution is 0.104. The Morgan fingerprint density at radius 2 is 1.85 bits per heavy atom. The average Bonchev–Trinajstić information content (AvgIpc) is 2.70. The Hall–Kier alpha value is -2.23. The van der Waals surface area contributed by atoms with Gasteiger partial charge in [0.1, 0.15) is 17.4 Å². The highest BCUT2D eigenvalue weighted by molar-refractivity contribution is 6.23. The highest BCUT2D eigenvalue weighted by Gasteiger charge is 2.35. The van der Waals surface area contributed by atoms with Crippen molar-refractivity contribution in [2.75, 3.05) is 0 Å². The standard InChI is InChI=1S/C16H12F2O2/c1-3-9-7(2)14(18)12-10-5-4-8(17)6-11(10)16(20)13(12)15(9)19/h4-6,19H,3H2,1-2H3. The zero-order valence-electron chi connectivity index (χ0n) is 11.1. The van der Waals surface area contributed by atoms with Crippen LogP contribution >= 0.6 is 0 Å². The molecule has 102 valence electrons. The summed E-state index contributed by atoms with van der Waals surface area (Å²) in [7, 11) is 0. The van der Waals surface area contributed by atoms with E-state index >= 15 is 0 Å². The molecule has 3 rings (SSSR count). The molecular weight excluding hydrogens is 262 g/mol. The molecule has 0 bridgehead atoms. The maximum atomic E-state index is 14.5. The van der Waals surface area contributed by atoms with E-state index in [4.69, 9.17) is 0 Å². The van der Waals surface area contributed by atoms with Crippen LogP contribution in [0.5, 0.6) is 5.75 Å². The van der Waals surface area contributed by atoms with E-state index in [1.54, 1.807) is 13.8 Å². The predicted molar refractivity (Wildman–Crippen MR) is 71.0 cm³/mol. The highest BCUT2D eigenvalue weighted by atomic mass is 19.1. The van der Waals surface area contributed by atoms with Crippen LogP contribution in [0.2, 0.25) is 0 Å². The summed E-state index contributed by atoms with van der Waals surface area (Å²) >= 11 is 0. The minimum atomic E-state index is -0.558. The molecular formula is C16H12F2O2. The van der Waals surface area contributed by atoms with Crippen molar-refractivity contribution in [1.82, 2.24) is 0 Å². The smallest absolute Gasteiger partial charge is 0.198 e. The van der Waals surface area contributed by atoms with Crippen LogP contribution in [0.25, 0.3) is 11.1 Å². The van der Waals surface area contributed by atoms with Gasteiger partial charge in [-0.15, -0.1) is 0 Å². The zero-order chi connectivity index (χ0) is 14.6. The first-order valence-corrected chi connectivity index (χ1v) is 6.35. The molecule has 0 aromatic heterocycles. The Balaban J connectivity index is 2.44. The van der Waals surface area contributed by atoms with Crippen molar-refractivity contribution in [2.45, 2.75) is 20.3 Å². The van der Waals surface area contributed by atoms with Crippen molar-refractivity contribution in [2.24, 2.45) is 0 Å². The van der Waals surface area contributed by atoms with Gasteiger partial charge in [-0.3, -0.25) is 4.79 Å². The van der Waals surface area contributed by atoms with Crippen LogP contribution in [0.1, 0.15) is 34.0 Å². The summed E-state index contributed by atoms with van der Waals surface area (Å²) in [5.41, 5.74) is 1.21. The number of fused-ring (bicyclic) bond motifs is 3. The Bertz CT molecular complexity index is 764. The molecule has 20 heavy (non-hydrogen) atoms. The lowest BCUT2D eigenvalue weighted by Gasteiger charge is -2.12. The van der Waals surface area contributed by atoms with Gasteiger partial charge in [0, 0.05) is 16.7 Å². The van der Waals surface area contributed by atoms with Gasteiger partial charge in [0.25, 0.3) is 0 Å². The third-order valence-electron chi connectivity index (χ3n) is 3.85. The van der Waals surface area contributed by atoms with Crippen molar-refractivity contribution in [1.29, 1.82) is 0 Å². The van der Waals surface area contributed by atoms with Gasteiger partial charge in [-0.25, -0.2) is 8.78 Å². The quantitative estimate of drug-likeness (QED) is 0.733. The van der Waals surface area contributed by atoms with E-state index in [1.165, 1.54) is 12.1 Å². The number of benzene rings is 2. The SMILES string of the molecule is CCc1c(C)c(F)c2c(c1O)C(=O)c1cc(F)ccc1-2. The minimum Gasteiger partial charge on any atom is -0.507 e. The van der Waals surface area contributed by atoms with E-state index in [-0.39, 0.29) is 22.4 Å². The monoisotopic (exact) mass is 274 g/mol. The van der Waals surface area contributed by atoms with Crippen LogP contribution in [-0.4, -0.2) is 10.9 Å². The molecule has 0 amide bonds. The van der Waals surface area contributed by atoms with Crippen LogP contribution in [0.4, 0.5) is 8.78 Å². The van der Waals surface area contributed by atoms with Gasteiger partial charge in [0.15, 0.2) is 5.78 Å². The van der Waals surface area contributed by atoms with E-state index in [0.29, 0.717) is 23.1 Å². The van der Waals surface area contributed by atoms with E-state index in [9.17, 15) is 18.7 Å². The molecule has 0 saturated carbocycles. The van der Waals surface area contributed by atoms with E-state index in [0.717, 1.165) is 6.07 Å². The van der Waals surface area contributed by atoms with Gasteiger partial charge >= 0.3 is 0 Å². The van der Waals surface area contributed by atoms with Crippen molar-refractivity contribution in [3.8, 4) is 16.9 Å². The van der Waals surface area contributed by atoms with Gasteiger partial charge in [0.05, 0.1) is 5.56 Å². The average molecular weight is 274 g/mol. The summed E-state index contributed by atoms with van der Waals surface area (Å²) in [6.07, 6.45) is 0.417. The zero-order valence-corrected chi connectivity index (χ0v) is 11.1. The second kappa shape index (κ2) is 4.13. The first-order chi connectivity index (χ1) is 9.47. The van der Waals surface area contributed by atoms with Gasteiger partial charge < -0.3 is 5.11 Å². The van der Waals surface area contributed by atoms with Gasteiger partial charge in [0.2, 0.25) is 0 Å². The molecule has 0 fully saturated rings. The Morgan fingerprint density at radius 3 is 2.50 bits per heavy atom. The molecule has 0 spiro atoms. The van der Waals surface area contributed by atoms with Crippen molar-refractivity contribution < 1.29 is 18.7 Å². The second-order valence-corrected chi connectivity index (χ2v) is 4.89. The van der Waals surface area contributed by atoms with E-state index < -0.39 is 17.4 Å². The molecule has 4 heteroatoms. The highest BCUT2D eigenvalue weighted by Crippen LogP contribution is 2.45. The van der Waals surface area contributed by atoms with E-state index in [2.05, 4.69) is 0 Å². The van der Waals surface area contributed by atoms with Crippen LogP contribution in [0.3, 0.4) is 0 Å². The van der Waals surface area contributed by atoms with Crippen molar-refractivity contribution in [3.63, 3.8) is 0 Å². The maximum Gasteiger partial charge on any atom is 0.198 e. The Morgan fingerprint density at radius 1 is 1.15 bits per heavy atom. The molecule has 2 aromatic rings. The topological polar surface area (TPSA) is 37.3 Å². The number of ketones is 1. The number of hydrogen-bond donors (Lipinski definition) is 1. The van der Waals surface area contributed by atoms with Crippen molar-refractivity contribution >= 4 is 5.78 Å². The molecule has 1 aliphatic rings. The lowest BCUT2D eigenvalue weighted by Crippen LogP contribution is -2.02. The summed E-state index contributed by atoms with van der Waals surface area (Å²) in [4.78, 5) is 12.3. The van der Waals surface area contributed by atoms with Gasteiger partial charge in [-0.2, -0.15) is 0 Å². The van der Waals surface area contributed by atoms with Crippen LogP contribution in [0.15, 0.2) is 18.2 Å². The van der Waals surface area contributed by atoms with Gasteiger partial charge in [-0.05, 0) is 36.6 Å². The van der Waals surface area contributed by atoms with Crippen LogP contribution in [0, 0.1) is 18.6 Å². The number of carbonyl (C=O) groups excluding carboxylic acids is 1. The normalized spacial score (nSPS) is 12.5. The number of halogens is 2. The molecule has 1 aliphatic carbocycles. The maximum absolute atomic E-state index is 14.5. The first kappa shape index (κ1) is 12.8. The number of hydrogen-bond acceptors (Lipinski definition) is 2. The number of phenolic OH excluding ortho intramolecular Hbond substituents is 1. The molecule has 2 aromatic carbocycles. The number of phenols is 1. The van der Waals surface area contributed by atoms with E-state index in [1.807, 2.05) is 0 Å². The third kappa shape index (κ3) is 1.45. The molecule has 0 saturated heterocycles. The molecule has 1 N–H and O–H groups in total. The summed E-state index contributed by atoms with van der Waals surface area (Å²) in [6.45, 7) is 3.35. The molecule has 2 nitrogen and oxygen atoms in total. The van der Waals surface area contributed by atoms with Gasteiger partial charge in [-0.1, -0.05) is 13.0 Å². The Kier molecular flexibility index (Phi) is 2.64. The first-order valence-electron chi connectivity index (χ1n) is 6.35. The summed E-state index contributed by atoms with van der Waals surface area (Å²) in [5, 5.41) is 10.2. The molecule has 0 heterocycles. The second-order valence-electron chi connectivity index (χ2n) is 4.89. The third-order valence-corrected chi connectivity index (χ3v) is 3.85. The Labute approximate surface area is 114 Å². The number of aromatic hydroxyl groups is 1. The minimum absolute atomic E-state index is 0.0504. The van der Waals surface area contributed by atoms with Crippen molar-refractivity contribution in [3.05, 3.63) is 52.1 Å². The predicted octanol–water partition coefficient (Wildman–Crippen LogP) is 3.75. The lowest BCUT2D eigenvalue weighted by atomic mass is 9.95. The fourth-order valence-corrected chi connectivity index (χ4v) is 2.84. The molecule has 0 radical (unpaired) electrons. The number of carbonyl (C=O) groups is 1. The molecule has 0 atom stereocenters. The summed E-state index contributed by atoms with van der Waals surface area (Å²) in [5.74, 6) is -1.80. The fourth-order valence-electron chi connectivity index (χ4n) is 2.84. The summed E-state index contributed by atoms with van der Waals surface area (Å²) in [6, 6.07) is 3.64. The summed E-state index contributed by atoms with van der Waals surface area (Å²) < 4.78 is 27.8. The largest absolute Gasteiger partial charge is 0.507 e. The number of rotatable bonds is 1.